The highest BCUT2D eigenvalue weighted by Gasteiger charge is 2.38. The van der Waals surface area contributed by atoms with Crippen molar-refractivity contribution in [1.29, 1.82) is 0 Å². The van der Waals surface area contributed by atoms with E-state index in [0.29, 0.717) is 23.2 Å². The van der Waals surface area contributed by atoms with Gasteiger partial charge >= 0.3 is 0 Å². The van der Waals surface area contributed by atoms with Crippen LogP contribution in [0.1, 0.15) is 28.3 Å². The molecule has 0 bridgehead atoms. The first kappa shape index (κ1) is 22.2. The van der Waals surface area contributed by atoms with Gasteiger partial charge in [0.15, 0.2) is 11.5 Å². The fraction of sp³-hybridized carbons (Fsp3) is 0.138. The highest BCUT2D eigenvalue weighted by atomic mass is 16.5. The minimum absolute atomic E-state index is 0.232. The van der Waals surface area contributed by atoms with Crippen molar-refractivity contribution in [1.82, 2.24) is 34.3 Å². The van der Waals surface area contributed by atoms with E-state index in [-0.39, 0.29) is 5.92 Å². The minimum atomic E-state index is -0.232. The smallest absolute Gasteiger partial charge is 0.230 e. The van der Waals surface area contributed by atoms with E-state index in [1.165, 1.54) is 0 Å². The normalized spacial score (nSPS) is 14.1. The van der Waals surface area contributed by atoms with Crippen LogP contribution in [0.4, 0.5) is 5.69 Å². The third-order valence-electron chi connectivity index (χ3n) is 6.88. The summed E-state index contributed by atoms with van der Waals surface area (Å²) in [6.07, 6.45) is 5.31. The van der Waals surface area contributed by atoms with Crippen molar-refractivity contribution in [2.75, 3.05) is 19.0 Å². The number of pyridine rings is 1. The van der Waals surface area contributed by atoms with Crippen molar-refractivity contribution in [3.63, 3.8) is 0 Å². The lowest BCUT2D eigenvalue weighted by Crippen LogP contribution is -2.16. The Morgan fingerprint density at radius 2 is 1.71 bits per heavy atom. The number of hydrogen-bond donors (Lipinski definition) is 0. The Hall–Kier alpha value is -5.05. The number of anilines is 1. The second-order valence-electron chi connectivity index (χ2n) is 9.48. The van der Waals surface area contributed by atoms with E-state index in [1.807, 2.05) is 80.4 Å². The van der Waals surface area contributed by atoms with Crippen LogP contribution in [0.15, 0.2) is 85.5 Å². The molecule has 9 nitrogen and oxygen atoms in total. The first-order valence-electron chi connectivity index (χ1n) is 12.3. The zero-order chi connectivity index (χ0) is 25.8. The summed E-state index contributed by atoms with van der Waals surface area (Å²) < 4.78 is 10.0. The van der Waals surface area contributed by atoms with Gasteiger partial charge in [-0.15, -0.1) is 5.10 Å². The van der Waals surface area contributed by atoms with Crippen LogP contribution in [-0.4, -0.2) is 48.4 Å². The monoisotopic (exact) mass is 500 g/mol. The molecule has 1 aliphatic heterocycles. The Morgan fingerprint density at radius 3 is 2.45 bits per heavy atom. The molecule has 0 saturated carbocycles. The summed E-state index contributed by atoms with van der Waals surface area (Å²) in [5.41, 5.74) is 7.31. The molecule has 0 aliphatic carbocycles. The van der Waals surface area contributed by atoms with Crippen molar-refractivity contribution < 1.29 is 4.74 Å². The van der Waals surface area contributed by atoms with Crippen molar-refractivity contribution in [3.8, 4) is 28.8 Å². The van der Waals surface area contributed by atoms with Gasteiger partial charge in [0.2, 0.25) is 11.8 Å². The van der Waals surface area contributed by atoms with Crippen molar-refractivity contribution >= 4 is 11.3 Å². The molecular formula is C29H24N8O. The summed E-state index contributed by atoms with van der Waals surface area (Å²) in [6.45, 7) is 2.01. The van der Waals surface area contributed by atoms with Crippen LogP contribution in [0, 0.1) is 6.92 Å². The molecule has 7 rings (SSSR count). The number of rotatable bonds is 4. The van der Waals surface area contributed by atoms with Gasteiger partial charge < -0.3 is 9.64 Å². The topological polar surface area (TPSA) is 86.3 Å². The summed E-state index contributed by atoms with van der Waals surface area (Å²) >= 11 is 0. The summed E-state index contributed by atoms with van der Waals surface area (Å²) in [7, 11) is 4.04. The number of hydrogen-bond acceptors (Lipinski definition) is 7. The van der Waals surface area contributed by atoms with Crippen LogP contribution in [0.5, 0.6) is 11.8 Å². The van der Waals surface area contributed by atoms with E-state index in [9.17, 15) is 0 Å². The van der Waals surface area contributed by atoms with Gasteiger partial charge in [-0.2, -0.15) is 5.10 Å². The first-order valence-corrected chi connectivity index (χ1v) is 12.3. The second kappa shape index (κ2) is 8.52. The Balaban J connectivity index is 1.44. The molecule has 0 saturated heterocycles. The molecule has 0 amide bonds. The van der Waals surface area contributed by atoms with Gasteiger partial charge in [0.05, 0.1) is 28.4 Å². The number of aryl methyl sites for hydroxylation is 1. The van der Waals surface area contributed by atoms with Crippen LogP contribution in [0.3, 0.4) is 0 Å². The summed E-state index contributed by atoms with van der Waals surface area (Å²) in [5, 5.41) is 9.64. The van der Waals surface area contributed by atoms with Gasteiger partial charge in [-0.1, -0.05) is 24.3 Å². The predicted octanol–water partition coefficient (Wildman–Crippen LogP) is 5.03. The zero-order valence-electron chi connectivity index (χ0n) is 21.1. The van der Waals surface area contributed by atoms with Crippen molar-refractivity contribution in [2.24, 2.45) is 0 Å². The highest BCUT2D eigenvalue weighted by Crippen LogP contribution is 2.49. The van der Waals surface area contributed by atoms with Crippen LogP contribution in [0.25, 0.3) is 22.7 Å². The second-order valence-corrected chi connectivity index (χ2v) is 9.48. The molecule has 9 heteroatoms. The number of aromatic nitrogens is 7. The predicted molar refractivity (Wildman–Crippen MR) is 144 cm³/mol. The molecule has 1 aliphatic rings. The third kappa shape index (κ3) is 3.43. The molecule has 1 atom stereocenters. The molecule has 38 heavy (non-hydrogen) atoms. The third-order valence-corrected chi connectivity index (χ3v) is 6.88. The molecule has 1 unspecified atom stereocenters. The SMILES string of the molecule is Cc1nn(-c2ccccc2)c2c1C(c1cccnc1)c1c(ncn3nc(-c4ccc(N(C)C)cc4)nc13)O2. The lowest BCUT2D eigenvalue weighted by Gasteiger charge is -2.26. The van der Waals surface area contributed by atoms with E-state index in [2.05, 4.69) is 33.1 Å². The molecular weight excluding hydrogens is 476 g/mol. The molecule has 0 spiro atoms. The Bertz CT molecular complexity index is 1770. The standard InChI is InChI=1S/C29H24N8O/c1-18-23-24(20-8-7-15-30-16-20)25-27-32-26(19-11-13-21(14-12-19)35(2)3)34-36(27)17-31-28(25)38-29(23)37(33-18)22-9-5-4-6-10-22/h4-17,24H,1-3H3. The van der Waals surface area contributed by atoms with Gasteiger partial charge in [-0.05, 0) is 55.0 Å². The van der Waals surface area contributed by atoms with Gasteiger partial charge in [-0.3, -0.25) is 4.98 Å². The molecule has 0 fully saturated rings. The fourth-order valence-corrected chi connectivity index (χ4v) is 5.03. The lowest BCUT2D eigenvalue weighted by molar-refractivity contribution is 0.402. The van der Waals surface area contributed by atoms with Crippen LogP contribution < -0.4 is 9.64 Å². The van der Waals surface area contributed by atoms with E-state index < -0.39 is 0 Å². The number of ether oxygens (including phenoxy) is 1. The summed E-state index contributed by atoms with van der Waals surface area (Å²) in [4.78, 5) is 16.1. The number of para-hydroxylation sites is 1. The fourth-order valence-electron chi connectivity index (χ4n) is 5.03. The minimum Gasteiger partial charge on any atom is -0.420 e. The van der Waals surface area contributed by atoms with E-state index in [0.717, 1.165) is 39.3 Å². The molecule has 0 radical (unpaired) electrons. The van der Waals surface area contributed by atoms with E-state index in [1.54, 1.807) is 17.0 Å². The summed E-state index contributed by atoms with van der Waals surface area (Å²) in [6, 6.07) is 22.2. The lowest BCUT2D eigenvalue weighted by atomic mass is 9.85. The largest absolute Gasteiger partial charge is 0.420 e. The van der Waals surface area contributed by atoms with Crippen LogP contribution in [-0.2, 0) is 0 Å². The van der Waals surface area contributed by atoms with Crippen LogP contribution >= 0.6 is 0 Å². The molecule has 6 aromatic rings. The average Bonchev–Trinajstić information content (AvgIpc) is 3.54. The van der Waals surface area contributed by atoms with Gasteiger partial charge in [0, 0.05) is 37.7 Å². The number of fused-ring (bicyclic) bond motifs is 4. The molecule has 186 valence electrons. The maximum atomic E-state index is 6.48. The molecule has 5 heterocycles. The Morgan fingerprint density at radius 1 is 0.895 bits per heavy atom. The zero-order valence-corrected chi connectivity index (χ0v) is 21.1. The Labute approximate surface area is 219 Å². The number of benzene rings is 2. The molecule has 0 N–H and O–H groups in total. The number of nitrogens with zero attached hydrogens (tertiary/aromatic N) is 8. The van der Waals surface area contributed by atoms with Crippen molar-refractivity contribution in [2.45, 2.75) is 12.8 Å². The maximum Gasteiger partial charge on any atom is 0.230 e. The van der Waals surface area contributed by atoms with Gasteiger partial charge in [0.25, 0.3) is 0 Å². The highest BCUT2D eigenvalue weighted by molar-refractivity contribution is 5.69. The molecule has 4 aromatic heterocycles. The van der Waals surface area contributed by atoms with Crippen LogP contribution in [0.2, 0.25) is 0 Å². The first-order chi connectivity index (χ1) is 18.6. The maximum absolute atomic E-state index is 6.48. The summed E-state index contributed by atoms with van der Waals surface area (Å²) in [5.74, 6) is 1.52. The van der Waals surface area contributed by atoms with E-state index >= 15 is 0 Å². The van der Waals surface area contributed by atoms with E-state index in [4.69, 9.17) is 19.9 Å². The van der Waals surface area contributed by atoms with Crippen molar-refractivity contribution in [3.05, 3.63) is 108 Å². The molecule has 2 aromatic carbocycles. The quantitative estimate of drug-likeness (QED) is 0.335. The Kier molecular flexibility index (Phi) is 4.97. The average molecular weight is 501 g/mol. The van der Waals surface area contributed by atoms with Gasteiger partial charge in [0.1, 0.15) is 6.33 Å². The van der Waals surface area contributed by atoms with Gasteiger partial charge in [-0.25, -0.2) is 19.2 Å².